The summed E-state index contributed by atoms with van der Waals surface area (Å²) in [5, 5.41) is 3.51. The maximum atomic E-state index is 11.6. The van der Waals surface area contributed by atoms with Gasteiger partial charge in [-0.15, -0.1) is 0 Å². The Morgan fingerprint density at radius 1 is 1.11 bits per heavy atom. The molecule has 3 aliphatic heterocycles. The Kier molecular flexibility index (Phi) is 2.66. The Balaban J connectivity index is 1.86. The summed E-state index contributed by atoms with van der Waals surface area (Å²) in [5.41, 5.74) is 0. The Bertz CT molecular complexity index is 597. The van der Waals surface area contributed by atoms with Crippen LogP contribution in [0.2, 0.25) is 0 Å². The first-order valence-corrected chi connectivity index (χ1v) is 9.82. The van der Waals surface area contributed by atoms with Crippen molar-refractivity contribution in [3.63, 3.8) is 0 Å². The van der Waals surface area contributed by atoms with E-state index in [1.807, 2.05) is 4.90 Å². The first-order chi connectivity index (χ1) is 8.27. The number of nitrogens with one attached hydrogen (secondary N) is 1. The Morgan fingerprint density at radius 2 is 1.83 bits per heavy atom. The fraction of sp³-hybridized carbons (Fsp3) is 0.889. The molecule has 3 fully saturated rings. The fourth-order valence-corrected chi connectivity index (χ4v) is 7.11. The zero-order valence-electron chi connectivity index (χ0n) is 9.57. The van der Waals surface area contributed by atoms with Crippen molar-refractivity contribution < 1.29 is 16.8 Å². The average molecular weight is 310 g/mol. The molecule has 0 unspecified atom stereocenters. The summed E-state index contributed by atoms with van der Waals surface area (Å²) >= 11 is 5.21. The van der Waals surface area contributed by atoms with Gasteiger partial charge in [0.1, 0.15) is 0 Å². The van der Waals surface area contributed by atoms with Gasteiger partial charge in [-0.2, -0.15) is 0 Å². The largest absolute Gasteiger partial charge is 0.357 e. The summed E-state index contributed by atoms with van der Waals surface area (Å²) < 4.78 is 46.3. The van der Waals surface area contributed by atoms with Crippen molar-refractivity contribution in [2.24, 2.45) is 0 Å². The third-order valence-electron chi connectivity index (χ3n) is 3.83. The zero-order valence-corrected chi connectivity index (χ0v) is 12.0. The lowest BCUT2D eigenvalue weighted by Crippen LogP contribution is -2.45. The van der Waals surface area contributed by atoms with Crippen LogP contribution in [-0.2, 0) is 19.7 Å². The second kappa shape index (κ2) is 3.80. The van der Waals surface area contributed by atoms with Gasteiger partial charge in [0.05, 0.1) is 35.1 Å². The van der Waals surface area contributed by atoms with E-state index in [4.69, 9.17) is 12.2 Å². The van der Waals surface area contributed by atoms with Crippen LogP contribution in [-0.4, -0.2) is 68.0 Å². The van der Waals surface area contributed by atoms with Gasteiger partial charge < -0.3 is 10.2 Å². The molecule has 3 aliphatic rings. The molecule has 18 heavy (non-hydrogen) atoms. The molecular formula is C9H14N2O4S3. The van der Waals surface area contributed by atoms with Gasteiger partial charge in [0.15, 0.2) is 24.8 Å². The summed E-state index contributed by atoms with van der Waals surface area (Å²) in [6.07, 6.45) is 0.535. The van der Waals surface area contributed by atoms with Crippen molar-refractivity contribution in [2.75, 3.05) is 23.0 Å². The van der Waals surface area contributed by atoms with Crippen molar-refractivity contribution in [3.8, 4) is 0 Å². The van der Waals surface area contributed by atoms with Gasteiger partial charge >= 0.3 is 0 Å². The number of thiocarbonyl (C=S) groups is 1. The highest BCUT2D eigenvalue weighted by Gasteiger charge is 2.50. The lowest BCUT2D eigenvalue weighted by Gasteiger charge is -2.28. The quantitative estimate of drug-likeness (QED) is 0.592. The monoisotopic (exact) mass is 310 g/mol. The predicted molar refractivity (Wildman–Crippen MR) is 70.9 cm³/mol. The molecule has 0 aliphatic carbocycles. The van der Waals surface area contributed by atoms with E-state index < -0.39 is 19.7 Å². The molecular weight excluding hydrogens is 296 g/mol. The molecule has 3 heterocycles. The van der Waals surface area contributed by atoms with E-state index in [2.05, 4.69) is 5.32 Å². The third kappa shape index (κ3) is 2.01. The lowest BCUT2D eigenvalue weighted by atomic mass is 10.1. The van der Waals surface area contributed by atoms with Gasteiger partial charge in [-0.3, -0.25) is 0 Å². The van der Waals surface area contributed by atoms with Crippen molar-refractivity contribution >= 4 is 37.0 Å². The minimum atomic E-state index is -3.03. The molecule has 1 N–H and O–H groups in total. The van der Waals surface area contributed by atoms with Crippen LogP contribution < -0.4 is 5.32 Å². The van der Waals surface area contributed by atoms with Crippen LogP contribution in [0.15, 0.2) is 0 Å². The second-order valence-corrected chi connectivity index (χ2v) is 9.93. The fourth-order valence-electron chi connectivity index (χ4n) is 3.06. The van der Waals surface area contributed by atoms with Crippen LogP contribution in [0.3, 0.4) is 0 Å². The highest BCUT2D eigenvalue weighted by atomic mass is 32.2. The van der Waals surface area contributed by atoms with Gasteiger partial charge in [-0.1, -0.05) is 0 Å². The molecule has 6 nitrogen and oxygen atoms in total. The molecule has 3 atom stereocenters. The van der Waals surface area contributed by atoms with Gasteiger partial charge in [0, 0.05) is 6.04 Å². The second-order valence-electron chi connectivity index (χ2n) is 5.16. The number of sulfone groups is 2. The van der Waals surface area contributed by atoms with Crippen LogP contribution in [0.25, 0.3) is 0 Å². The molecule has 0 radical (unpaired) electrons. The lowest BCUT2D eigenvalue weighted by molar-refractivity contribution is 0.289. The molecule has 102 valence electrons. The van der Waals surface area contributed by atoms with E-state index in [9.17, 15) is 16.8 Å². The minimum Gasteiger partial charge on any atom is -0.357 e. The molecule has 3 saturated heterocycles. The zero-order chi connectivity index (χ0) is 13.1. The molecule has 0 aromatic rings. The van der Waals surface area contributed by atoms with Crippen LogP contribution in [0.4, 0.5) is 0 Å². The number of rotatable bonds is 1. The first-order valence-electron chi connectivity index (χ1n) is 5.77. The van der Waals surface area contributed by atoms with Crippen molar-refractivity contribution in [3.05, 3.63) is 0 Å². The summed E-state index contributed by atoms with van der Waals surface area (Å²) in [6, 6.07) is -0.537. The molecule has 0 saturated carbocycles. The smallest absolute Gasteiger partial charge is 0.169 e. The number of nitrogens with zero attached hydrogens (tertiary/aromatic N) is 1. The Labute approximate surface area is 112 Å². The van der Waals surface area contributed by atoms with E-state index >= 15 is 0 Å². The predicted octanol–water partition coefficient (Wildman–Crippen LogP) is -1.47. The standard InChI is InChI=1S/C9H14N2O4S3/c12-17(13)2-1-6(3-17)11-8-5-18(14,15)4-7(8)10-9(11)16/h6-8H,1-5H2,(H,10,16)/t6-,7+,8+/m1/s1. The Hall–Kier alpha value is -0.410. The van der Waals surface area contributed by atoms with Gasteiger partial charge in [-0.05, 0) is 18.6 Å². The van der Waals surface area contributed by atoms with Crippen LogP contribution >= 0.6 is 12.2 Å². The summed E-state index contributed by atoms with van der Waals surface area (Å²) in [5.74, 6) is 0.411. The van der Waals surface area contributed by atoms with E-state index in [1.165, 1.54) is 0 Å². The summed E-state index contributed by atoms with van der Waals surface area (Å²) in [7, 11) is -6.03. The maximum Gasteiger partial charge on any atom is 0.169 e. The van der Waals surface area contributed by atoms with E-state index in [-0.39, 0.29) is 41.1 Å². The van der Waals surface area contributed by atoms with Crippen LogP contribution in [0.5, 0.6) is 0 Å². The highest BCUT2D eigenvalue weighted by molar-refractivity contribution is 7.92. The van der Waals surface area contributed by atoms with Crippen LogP contribution in [0, 0.1) is 0 Å². The SMILES string of the molecule is O=S1(=O)CC[C@@H](N2C(=S)N[C@H]3CS(=O)(=O)C[C@@H]32)C1. The number of hydrogen-bond donors (Lipinski definition) is 1. The van der Waals surface area contributed by atoms with Gasteiger partial charge in [-0.25, -0.2) is 16.8 Å². The van der Waals surface area contributed by atoms with Crippen molar-refractivity contribution in [1.82, 2.24) is 10.2 Å². The normalized spacial score (nSPS) is 40.8. The number of hydrogen-bond acceptors (Lipinski definition) is 5. The highest BCUT2D eigenvalue weighted by Crippen LogP contribution is 2.30. The van der Waals surface area contributed by atoms with Crippen molar-refractivity contribution in [2.45, 2.75) is 24.5 Å². The van der Waals surface area contributed by atoms with E-state index in [0.717, 1.165) is 0 Å². The first kappa shape index (κ1) is 12.6. The molecule has 3 rings (SSSR count). The maximum absolute atomic E-state index is 11.6. The molecule has 0 amide bonds. The molecule has 0 bridgehead atoms. The summed E-state index contributed by atoms with van der Waals surface area (Å²) in [4.78, 5) is 1.81. The molecule has 0 spiro atoms. The van der Waals surface area contributed by atoms with Crippen molar-refractivity contribution in [1.29, 1.82) is 0 Å². The van der Waals surface area contributed by atoms with Crippen LogP contribution in [0.1, 0.15) is 6.42 Å². The third-order valence-corrected chi connectivity index (χ3v) is 7.62. The summed E-state index contributed by atoms with van der Waals surface area (Å²) in [6.45, 7) is 0. The van der Waals surface area contributed by atoms with Gasteiger partial charge in [0.2, 0.25) is 0 Å². The minimum absolute atomic E-state index is 0.0708. The van der Waals surface area contributed by atoms with E-state index in [0.29, 0.717) is 11.5 Å². The van der Waals surface area contributed by atoms with Gasteiger partial charge in [0.25, 0.3) is 0 Å². The average Bonchev–Trinajstić information content (AvgIpc) is 2.75. The number of fused-ring (bicyclic) bond motifs is 1. The van der Waals surface area contributed by atoms with E-state index in [1.54, 1.807) is 0 Å². The molecule has 0 aromatic carbocycles. The Morgan fingerprint density at radius 3 is 2.44 bits per heavy atom. The molecule has 9 heteroatoms. The topological polar surface area (TPSA) is 83.6 Å². The molecule has 0 aromatic heterocycles.